The molecule has 2 aromatic heterocycles. The second kappa shape index (κ2) is 6.72. The summed E-state index contributed by atoms with van der Waals surface area (Å²) in [6.45, 7) is 3.80. The number of anilines is 1. The molecule has 1 aliphatic rings. The normalized spacial score (nSPS) is 17.0. The number of likely N-dealkylation sites (tertiary alicyclic amines) is 1. The summed E-state index contributed by atoms with van der Waals surface area (Å²) in [6, 6.07) is 6.13. The van der Waals surface area contributed by atoms with E-state index in [2.05, 4.69) is 31.3 Å². The van der Waals surface area contributed by atoms with Crippen LogP contribution in [-0.2, 0) is 6.54 Å². The molecule has 134 valence electrons. The number of H-pyrrole nitrogens is 1. The van der Waals surface area contributed by atoms with Gasteiger partial charge in [-0.15, -0.1) is 0 Å². The highest BCUT2D eigenvalue weighted by atomic mass is 16.2. The van der Waals surface area contributed by atoms with Gasteiger partial charge < -0.3 is 20.9 Å². The summed E-state index contributed by atoms with van der Waals surface area (Å²) in [5.74, 6) is 1.41. The molecule has 4 N–H and O–H groups in total. The minimum atomic E-state index is -0.114. The molecule has 1 amide bonds. The van der Waals surface area contributed by atoms with Gasteiger partial charge in [0.15, 0.2) is 0 Å². The number of nitrogens with one attached hydrogen (secondary N) is 2. The average molecular weight is 351 g/mol. The lowest BCUT2D eigenvalue weighted by molar-refractivity contribution is 0.0784. The highest BCUT2D eigenvalue weighted by Gasteiger charge is 2.25. The van der Waals surface area contributed by atoms with Crippen molar-refractivity contribution in [1.29, 1.82) is 0 Å². The van der Waals surface area contributed by atoms with Crippen molar-refractivity contribution in [2.24, 2.45) is 5.73 Å². The van der Waals surface area contributed by atoms with Gasteiger partial charge in [0.05, 0.1) is 23.4 Å². The number of aryl methyl sites for hydroxylation is 1. The number of aromatic amines is 1. The molecule has 4 rings (SSSR count). The van der Waals surface area contributed by atoms with E-state index in [1.807, 2.05) is 19.1 Å². The van der Waals surface area contributed by atoms with E-state index >= 15 is 0 Å². The minimum absolute atomic E-state index is 0.0591. The van der Waals surface area contributed by atoms with Gasteiger partial charge in [-0.2, -0.15) is 0 Å². The maximum absolute atomic E-state index is 12.3. The Morgan fingerprint density at radius 3 is 3.00 bits per heavy atom. The number of hydrogen-bond acceptors (Lipinski definition) is 6. The van der Waals surface area contributed by atoms with Crippen LogP contribution in [0.25, 0.3) is 11.0 Å². The van der Waals surface area contributed by atoms with Crippen molar-refractivity contribution in [3.05, 3.63) is 47.7 Å². The molecule has 8 nitrogen and oxygen atoms in total. The van der Waals surface area contributed by atoms with Gasteiger partial charge in [0, 0.05) is 25.7 Å². The summed E-state index contributed by atoms with van der Waals surface area (Å²) >= 11 is 0. The Balaban J connectivity index is 1.39. The van der Waals surface area contributed by atoms with Crippen LogP contribution in [0.3, 0.4) is 0 Å². The van der Waals surface area contributed by atoms with E-state index in [-0.39, 0.29) is 11.9 Å². The van der Waals surface area contributed by atoms with E-state index in [1.165, 1.54) is 6.20 Å². The SMILES string of the molecule is Cc1nc2ccc(CNc3cnc(C(=O)N4CCC(N)C4)cn3)cc2[nH]1. The van der Waals surface area contributed by atoms with E-state index in [0.717, 1.165) is 28.8 Å². The van der Waals surface area contributed by atoms with Gasteiger partial charge >= 0.3 is 0 Å². The quantitative estimate of drug-likeness (QED) is 0.656. The number of amides is 1. The maximum atomic E-state index is 12.3. The van der Waals surface area contributed by atoms with E-state index in [4.69, 9.17) is 5.73 Å². The number of aromatic nitrogens is 4. The maximum Gasteiger partial charge on any atom is 0.274 e. The molecule has 0 aliphatic carbocycles. The third-order valence-electron chi connectivity index (χ3n) is 4.52. The molecule has 0 radical (unpaired) electrons. The first-order valence-electron chi connectivity index (χ1n) is 8.64. The fourth-order valence-corrected chi connectivity index (χ4v) is 3.15. The number of hydrogen-bond donors (Lipinski definition) is 3. The van der Waals surface area contributed by atoms with Gasteiger partial charge in [-0.3, -0.25) is 4.79 Å². The van der Waals surface area contributed by atoms with E-state index < -0.39 is 0 Å². The minimum Gasteiger partial charge on any atom is -0.365 e. The third kappa shape index (κ3) is 3.36. The molecule has 0 bridgehead atoms. The Hall–Kier alpha value is -3.00. The second-order valence-corrected chi connectivity index (χ2v) is 6.61. The van der Waals surface area contributed by atoms with E-state index in [0.29, 0.717) is 31.1 Å². The number of benzene rings is 1. The van der Waals surface area contributed by atoms with Crippen LogP contribution >= 0.6 is 0 Å². The van der Waals surface area contributed by atoms with Gasteiger partial charge in [0.2, 0.25) is 0 Å². The Labute approximate surface area is 150 Å². The predicted molar refractivity (Wildman–Crippen MR) is 98.7 cm³/mol. The monoisotopic (exact) mass is 351 g/mol. The van der Waals surface area contributed by atoms with Crippen LogP contribution in [0.2, 0.25) is 0 Å². The molecule has 1 aliphatic heterocycles. The number of rotatable bonds is 4. The van der Waals surface area contributed by atoms with Crippen LogP contribution in [0, 0.1) is 6.92 Å². The molecule has 0 spiro atoms. The molecule has 1 saturated heterocycles. The van der Waals surface area contributed by atoms with Gasteiger partial charge in [-0.1, -0.05) is 6.07 Å². The molecule has 3 aromatic rings. The zero-order chi connectivity index (χ0) is 18.1. The first-order valence-corrected chi connectivity index (χ1v) is 8.64. The number of imidazole rings is 1. The first kappa shape index (κ1) is 16.5. The summed E-state index contributed by atoms with van der Waals surface area (Å²) in [7, 11) is 0. The van der Waals surface area contributed by atoms with Crippen LogP contribution in [0.5, 0.6) is 0 Å². The fourth-order valence-electron chi connectivity index (χ4n) is 3.15. The first-order chi connectivity index (χ1) is 12.6. The molecule has 8 heteroatoms. The van der Waals surface area contributed by atoms with Gasteiger partial charge in [-0.05, 0) is 31.0 Å². The Morgan fingerprint density at radius 1 is 1.38 bits per heavy atom. The van der Waals surface area contributed by atoms with Gasteiger partial charge in [0.25, 0.3) is 5.91 Å². The highest BCUT2D eigenvalue weighted by Crippen LogP contribution is 2.15. The van der Waals surface area contributed by atoms with Crippen molar-refractivity contribution < 1.29 is 4.79 Å². The van der Waals surface area contributed by atoms with Crippen molar-refractivity contribution in [3.8, 4) is 0 Å². The molecule has 3 heterocycles. The van der Waals surface area contributed by atoms with Crippen LogP contribution in [0.1, 0.15) is 28.3 Å². The van der Waals surface area contributed by atoms with Crippen LogP contribution in [-0.4, -0.2) is 49.9 Å². The summed E-state index contributed by atoms with van der Waals surface area (Å²) in [5.41, 5.74) is 9.27. The van der Waals surface area contributed by atoms with Crippen LogP contribution in [0.4, 0.5) is 5.82 Å². The lowest BCUT2D eigenvalue weighted by atomic mass is 10.2. The summed E-state index contributed by atoms with van der Waals surface area (Å²) in [5, 5.41) is 3.22. The highest BCUT2D eigenvalue weighted by molar-refractivity contribution is 5.92. The Bertz CT molecular complexity index is 934. The Morgan fingerprint density at radius 2 is 2.27 bits per heavy atom. The molecule has 26 heavy (non-hydrogen) atoms. The van der Waals surface area contributed by atoms with Crippen LogP contribution < -0.4 is 11.1 Å². The van der Waals surface area contributed by atoms with Crippen molar-refractivity contribution >= 4 is 22.8 Å². The van der Waals surface area contributed by atoms with Crippen molar-refractivity contribution in [2.75, 3.05) is 18.4 Å². The van der Waals surface area contributed by atoms with E-state index in [9.17, 15) is 4.79 Å². The molecule has 1 fully saturated rings. The standard InChI is InChI=1S/C18H21N7O/c1-11-23-14-3-2-12(6-15(14)24-11)7-21-17-9-20-16(8-22-17)18(26)25-5-4-13(19)10-25/h2-3,6,8-9,13H,4-5,7,10,19H2,1H3,(H,21,22)(H,23,24). The smallest absolute Gasteiger partial charge is 0.274 e. The van der Waals surface area contributed by atoms with Crippen molar-refractivity contribution in [3.63, 3.8) is 0 Å². The number of carbonyl (C=O) groups is 1. The zero-order valence-electron chi connectivity index (χ0n) is 14.6. The molecular formula is C18H21N7O. The summed E-state index contributed by atoms with van der Waals surface area (Å²) in [6.07, 6.45) is 3.93. The lowest BCUT2D eigenvalue weighted by Crippen LogP contribution is -2.32. The van der Waals surface area contributed by atoms with Crippen molar-refractivity contribution in [1.82, 2.24) is 24.8 Å². The molecular weight excluding hydrogens is 330 g/mol. The van der Waals surface area contributed by atoms with Crippen molar-refractivity contribution in [2.45, 2.75) is 25.9 Å². The number of carbonyl (C=O) groups excluding carboxylic acids is 1. The average Bonchev–Trinajstić information content (AvgIpc) is 3.24. The Kier molecular flexibility index (Phi) is 4.26. The predicted octanol–water partition coefficient (Wildman–Crippen LogP) is 1.45. The largest absolute Gasteiger partial charge is 0.365 e. The second-order valence-electron chi connectivity index (χ2n) is 6.61. The summed E-state index contributed by atoms with van der Waals surface area (Å²) < 4.78 is 0. The lowest BCUT2D eigenvalue weighted by Gasteiger charge is -2.15. The fraction of sp³-hybridized carbons (Fsp3) is 0.333. The molecule has 1 unspecified atom stereocenters. The summed E-state index contributed by atoms with van der Waals surface area (Å²) in [4.78, 5) is 30.2. The third-order valence-corrected chi connectivity index (χ3v) is 4.52. The number of nitrogens with zero attached hydrogens (tertiary/aromatic N) is 4. The molecule has 0 saturated carbocycles. The van der Waals surface area contributed by atoms with Gasteiger partial charge in [0.1, 0.15) is 17.3 Å². The van der Waals surface area contributed by atoms with Gasteiger partial charge in [-0.25, -0.2) is 15.0 Å². The van der Waals surface area contributed by atoms with E-state index in [1.54, 1.807) is 11.1 Å². The number of fused-ring (bicyclic) bond motifs is 1. The van der Waals surface area contributed by atoms with Crippen LogP contribution in [0.15, 0.2) is 30.6 Å². The molecule has 1 aromatic carbocycles. The number of nitrogens with two attached hydrogens (primary N) is 1. The zero-order valence-corrected chi connectivity index (χ0v) is 14.6. The topological polar surface area (TPSA) is 113 Å². The molecule has 1 atom stereocenters.